The van der Waals surface area contributed by atoms with Gasteiger partial charge < -0.3 is 15.0 Å². The second-order valence-corrected chi connectivity index (χ2v) is 9.15. The van der Waals surface area contributed by atoms with E-state index < -0.39 is 0 Å². The van der Waals surface area contributed by atoms with Crippen molar-refractivity contribution in [3.05, 3.63) is 65.7 Å². The van der Waals surface area contributed by atoms with E-state index in [2.05, 4.69) is 22.8 Å². The molecule has 2 aromatic rings. The molecule has 0 spiro atoms. The topological polar surface area (TPSA) is 70.7 Å². The molecule has 176 valence electrons. The number of ether oxygens (including phenoxy) is 1. The molecule has 1 heterocycles. The molecule has 0 radical (unpaired) electrons. The Morgan fingerprint density at radius 1 is 1.00 bits per heavy atom. The summed E-state index contributed by atoms with van der Waals surface area (Å²) in [5.41, 5.74) is 2.32. The number of carbonyl (C=O) groups is 2. The molecule has 6 heteroatoms. The third-order valence-corrected chi connectivity index (χ3v) is 6.89. The van der Waals surface area contributed by atoms with Gasteiger partial charge in [-0.15, -0.1) is 0 Å². The van der Waals surface area contributed by atoms with E-state index >= 15 is 0 Å². The third kappa shape index (κ3) is 6.35. The Balaban J connectivity index is 1.40. The summed E-state index contributed by atoms with van der Waals surface area (Å²) >= 11 is 0. The molecule has 2 aromatic carbocycles. The molecule has 3 unspecified atom stereocenters. The Hall–Kier alpha value is -2.86. The summed E-state index contributed by atoms with van der Waals surface area (Å²) in [6.45, 7) is 1.10. The van der Waals surface area contributed by atoms with E-state index in [1.807, 2.05) is 47.4 Å². The molecule has 2 N–H and O–H groups in total. The van der Waals surface area contributed by atoms with Crippen LogP contribution in [0.4, 0.5) is 0 Å². The lowest BCUT2D eigenvalue weighted by Crippen LogP contribution is -2.65. The SMILES string of the molecule is COc1ccc(CCN(CC2NC(=O)C3CCCCC3N2)C(=O)CCc2ccccc2)cc1. The minimum absolute atomic E-state index is 0.0662. The van der Waals surface area contributed by atoms with Crippen LogP contribution >= 0.6 is 0 Å². The van der Waals surface area contributed by atoms with Gasteiger partial charge in [-0.2, -0.15) is 0 Å². The fourth-order valence-corrected chi connectivity index (χ4v) is 4.97. The molecule has 4 rings (SSSR count). The number of hydrogen-bond acceptors (Lipinski definition) is 4. The molecular weight excluding hydrogens is 414 g/mol. The normalized spacial score (nSPS) is 22.2. The molecule has 3 atom stereocenters. The molecule has 2 fully saturated rings. The van der Waals surface area contributed by atoms with E-state index in [0.717, 1.165) is 49.0 Å². The van der Waals surface area contributed by atoms with Gasteiger partial charge in [0.25, 0.3) is 0 Å². The number of nitrogens with one attached hydrogen (secondary N) is 2. The number of benzene rings is 2. The third-order valence-electron chi connectivity index (χ3n) is 6.89. The lowest BCUT2D eigenvalue weighted by atomic mass is 9.82. The van der Waals surface area contributed by atoms with Crippen LogP contribution in [0.25, 0.3) is 0 Å². The highest BCUT2D eigenvalue weighted by Crippen LogP contribution is 2.27. The van der Waals surface area contributed by atoms with Gasteiger partial charge >= 0.3 is 0 Å². The second kappa shape index (κ2) is 11.3. The van der Waals surface area contributed by atoms with Crippen LogP contribution in [0.2, 0.25) is 0 Å². The van der Waals surface area contributed by atoms with Crippen molar-refractivity contribution in [3.8, 4) is 5.75 Å². The molecule has 1 saturated heterocycles. The van der Waals surface area contributed by atoms with E-state index in [-0.39, 0.29) is 29.9 Å². The highest BCUT2D eigenvalue weighted by molar-refractivity contribution is 5.81. The highest BCUT2D eigenvalue weighted by Gasteiger charge is 2.38. The van der Waals surface area contributed by atoms with Gasteiger partial charge in [0.05, 0.1) is 25.7 Å². The number of rotatable bonds is 9. The molecule has 1 aliphatic carbocycles. The quantitative estimate of drug-likeness (QED) is 0.616. The summed E-state index contributed by atoms with van der Waals surface area (Å²) in [5.74, 6) is 1.15. The van der Waals surface area contributed by atoms with Crippen LogP contribution < -0.4 is 15.4 Å². The van der Waals surface area contributed by atoms with Crippen LogP contribution in [-0.2, 0) is 22.4 Å². The fourth-order valence-electron chi connectivity index (χ4n) is 4.97. The van der Waals surface area contributed by atoms with Crippen LogP contribution in [0.1, 0.15) is 43.2 Å². The monoisotopic (exact) mass is 449 g/mol. The number of fused-ring (bicyclic) bond motifs is 1. The molecule has 1 aliphatic heterocycles. The Bertz CT molecular complexity index is 916. The Morgan fingerprint density at radius 3 is 2.48 bits per heavy atom. The van der Waals surface area contributed by atoms with Gasteiger partial charge in [0.15, 0.2) is 0 Å². The standard InChI is InChI=1S/C27H35N3O3/c1-33-22-14-11-21(12-15-22)17-18-30(26(31)16-13-20-7-3-2-4-8-20)19-25-28-24-10-6-5-9-23(24)27(32)29-25/h2-4,7-8,11-12,14-15,23-25,28H,5-6,9-10,13,16-19H2,1H3,(H,29,32). The summed E-state index contributed by atoms with van der Waals surface area (Å²) in [6, 6.07) is 18.3. The molecule has 6 nitrogen and oxygen atoms in total. The molecule has 1 saturated carbocycles. The minimum Gasteiger partial charge on any atom is -0.497 e. The van der Waals surface area contributed by atoms with Gasteiger partial charge in [-0.25, -0.2) is 0 Å². The largest absolute Gasteiger partial charge is 0.497 e. The zero-order valence-corrected chi connectivity index (χ0v) is 19.5. The maximum absolute atomic E-state index is 13.2. The van der Waals surface area contributed by atoms with Crippen molar-refractivity contribution in [1.29, 1.82) is 0 Å². The van der Waals surface area contributed by atoms with Crippen molar-refractivity contribution < 1.29 is 14.3 Å². The van der Waals surface area contributed by atoms with E-state index in [0.29, 0.717) is 25.9 Å². The maximum Gasteiger partial charge on any atom is 0.225 e. The van der Waals surface area contributed by atoms with Crippen LogP contribution in [0.5, 0.6) is 5.75 Å². The molecule has 2 aliphatic rings. The smallest absolute Gasteiger partial charge is 0.225 e. The highest BCUT2D eigenvalue weighted by atomic mass is 16.5. The van der Waals surface area contributed by atoms with E-state index in [4.69, 9.17) is 4.74 Å². The van der Waals surface area contributed by atoms with Crippen molar-refractivity contribution in [2.24, 2.45) is 5.92 Å². The minimum atomic E-state index is -0.201. The zero-order chi connectivity index (χ0) is 23.0. The predicted molar refractivity (Wildman–Crippen MR) is 129 cm³/mol. The number of amides is 2. The van der Waals surface area contributed by atoms with E-state index in [1.165, 1.54) is 0 Å². The van der Waals surface area contributed by atoms with Crippen molar-refractivity contribution in [1.82, 2.24) is 15.5 Å². The molecule has 0 bridgehead atoms. The fraction of sp³-hybridized carbons (Fsp3) is 0.481. The van der Waals surface area contributed by atoms with Crippen molar-refractivity contribution in [3.63, 3.8) is 0 Å². The Morgan fingerprint density at radius 2 is 1.73 bits per heavy atom. The van der Waals surface area contributed by atoms with Gasteiger partial charge in [0.1, 0.15) is 5.75 Å². The Labute approximate surface area is 196 Å². The number of hydrogen-bond donors (Lipinski definition) is 2. The summed E-state index contributed by atoms with van der Waals surface area (Å²) < 4.78 is 5.25. The van der Waals surface area contributed by atoms with E-state index in [1.54, 1.807) is 7.11 Å². The lowest BCUT2D eigenvalue weighted by molar-refractivity contribution is -0.135. The summed E-state index contributed by atoms with van der Waals surface area (Å²) in [5, 5.41) is 6.74. The van der Waals surface area contributed by atoms with Gasteiger partial charge in [-0.1, -0.05) is 55.3 Å². The molecule has 2 amide bonds. The maximum atomic E-state index is 13.2. The first-order valence-electron chi connectivity index (χ1n) is 12.1. The first-order valence-corrected chi connectivity index (χ1v) is 12.1. The number of nitrogens with zero attached hydrogens (tertiary/aromatic N) is 1. The van der Waals surface area contributed by atoms with Crippen LogP contribution in [-0.4, -0.2) is 49.1 Å². The average Bonchev–Trinajstić information content (AvgIpc) is 2.86. The lowest BCUT2D eigenvalue weighted by Gasteiger charge is -2.41. The van der Waals surface area contributed by atoms with Crippen molar-refractivity contribution >= 4 is 11.8 Å². The second-order valence-electron chi connectivity index (χ2n) is 9.15. The van der Waals surface area contributed by atoms with Crippen LogP contribution in [0.3, 0.4) is 0 Å². The number of carbonyl (C=O) groups excluding carboxylic acids is 2. The van der Waals surface area contributed by atoms with Crippen molar-refractivity contribution in [2.75, 3.05) is 20.2 Å². The van der Waals surface area contributed by atoms with Gasteiger partial charge in [0, 0.05) is 19.0 Å². The van der Waals surface area contributed by atoms with Gasteiger partial charge in [0.2, 0.25) is 11.8 Å². The summed E-state index contributed by atoms with van der Waals surface area (Å²) in [6.07, 6.45) is 5.99. The van der Waals surface area contributed by atoms with Crippen molar-refractivity contribution in [2.45, 2.75) is 57.2 Å². The van der Waals surface area contributed by atoms with E-state index in [9.17, 15) is 9.59 Å². The predicted octanol–water partition coefficient (Wildman–Crippen LogP) is 3.30. The van der Waals surface area contributed by atoms with Crippen LogP contribution in [0, 0.1) is 5.92 Å². The van der Waals surface area contributed by atoms with Gasteiger partial charge in [-0.3, -0.25) is 14.9 Å². The molecular formula is C27H35N3O3. The zero-order valence-electron chi connectivity index (χ0n) is 19.5. The van der Waals surface area contributed by atoms with Crippen LogP contribution in [0.15, 0.2) is 54.6 Å². The summed E-state index contributed by atoms with van der Waals surface area (Å²) in [4.78, 5) is 27.8. The number of methoxy groups -OCH3 is 1. The average molecular weight is 450 g/mol. The molecule has 33 heavy (non-hydrogen) atoms. The van der Waals surface area contributed by atoms with Gasteiger partial charge in [-0.05, 0) is 48.9 Å². The number of aryl methyl sites for hydroxylation is 1. The first-order chi connectivity index (χ1) is 16.1. The Kier molecular flexibility index (Phi) is 8.00. The first kappa shape index (κ1) is 23.3. The summed E-state index contributed by atoms with van der Waals surface area (Å²) in [7, 11) is 1.66. The molecule has 0 aromatic heterocycles.